The van der Waals surface area contributed by atoms with Crippen LogP contribution in [0.25, 0.3) is 224 Å². The van der Waals surface area contributed by atoms with Gasteiger partial charge in [0.05, 0.1) is 10.8 Å². The van der Waals surface area contributed by atoms with E-state index in [9.17, 15) is 0 Å². The second kappa shape index (κ2) is 34.5. The zero-order valence-corrected chi connectivity index (χ0v) is 79.8. The molecule has 26 aromatic rings. The Morgan fingerprint density at radius 1 is 0.184 bits per heavy atom. The van der Waals surface area contributed by atoms with Crippen LogP contribution in [0.3, 0.4) is 0 Å². The van der Waals surface area contributed by atoms with E-state index < -0.39 is 10.8 Å². The van der Waals surface area contributed by atoms with Crippen molar-refractivity contribution in [1.29, 1.82) is 0 Å². The largest absolute Gasteiger partial charge is 0.456 e. The van der Waals surface area contributed by atoms with E-state index in [0.29, 0.717) is 58.2 Å². The molecular weight excluding hydrogens is 1800 g/mol. The van der Waals surface area contributed by atoms with Crippen LogP contribution in [-0.2, 0) is 16.2 Å². The lowest BCUT2D eigenvalue weighted by atomic mass is 9.67. The van der Waals surface area contributed by atoms with E-state index >= 15 is 0 Å². The van der Waals surface area contributed by atoms with Crippen molar-refractivity contribution in [2.45, 2.75) is 36.5 Å². The highest BCUT2D eigenvalue weighted by atomic mass is 16.3. The predicted molar refractivity (Wildman–Crippen MR) is 587 cm³/mol. The maximum absolute atomic E-state index is 6.84. The molecule has 0 bridgehead atoms. The summed E-state index contributed by atoms with van der Waals surface area (Å²) in [5.41, 5.74) is 36.5. The second-order valence-corrected chi connectivity index (χ2v) is 38.1. The summed E-state index contributed by atoms with van der Waals surface area (Å²) < 4.78 is 20.1. The van der Waals surface area contributed by atoms with Gasteiger partial charge < -0.3 is 13.3 Å². The van der Waals surface area contributed by atoms with Gasteiger partial charge in [0.1, 0.15) is 33.5 Å². The normalized spacial score (nSPS) is 13.8. The maximum Gasteiger partial charge on any atom is 0.201 e. The highest BCUT2D eigenvalue weighted by molar-refractivity contribution is 6.15. The Kier molecular flexibility index (Phi) is 20.1. The van der Waals surface area contributed by atoms with Gasteiger partial charge in [0.2, 0.25) is 5.82 Å². The summed E-state index contributed by atoms with van der Waals surface area (Å²) in [5, 5.41) is 6.35. The Morgan fingerprint density at radius 3 is 0.946 bits per heavy atom. The molecule has 690 valence electrons. The molecule has 0 aliphatic heterocycles. The van der Waals surface area contributed by atoms with Crippen molar-refractivity contribution in [3.63, 3.8) is 0 Å². The van der Waals surface area contributed by atoms with E-state index in [0.717, 1.165) is 128 Å². The van der Waals surface area contributed by atoms with Crippen molar-refractivity contribution in [2.24, 2.45) is 0 Å². The van der Waals surface area contributed by atoms with Gasteiger partial charge in [0.15, 0.2) is 52.4 Å². The number of hydrogen-bond acceptors (Lipinski definition) is 14. The first-order valence-corrected chi connectivity index (χ1v) is 49.7. The molecular formula is C133H85N11O3. The SMILES string of the molecule is CCC1(C)c2ccccc2-c2cc3c(cc21)oc1cccc(-c2nc(-c4ccccc4)nc(-c4ccccc4)n2)c13.c1ccc(-c2cccc(-c3nc(-c4ccccc4)nc(-c4ccc5c(c4)oc4cc6c(cc45)-c4ccccc4C64c5ccccc5-c5ccccc54)n3)c2)cc1.c1ccc(-c2nc(-c3ccc4c(c3)oc3cc5c(cc34)-c3ccccc3C5(c3ccccc3)c3ccccc3)nc(-c3ncccn3)n2)cc1. The molecule has 30 rings (SSSR count). The maximum atomic E-state index is 6.84. The van der Waals surface area contributed by atoms with E-state index in [1.165, 1.54) is 100 Å². The quantitative estimate of drug-likeness (QED) is 0.106. The fourth-order valence-corrected chi connectivity index (χ4v) is 23.3. The van der Waals surface area contributed by atoms with E-state index in [-0.39, 0.29) is 5.41 Å². The monoisotopic (exact) mass is 1880 g/mol. The molecule has 0 radical (unpaired) electrons. The average Bonchev–Trinajstić information content (AvgIpc) is 1.50. The predicted octanol–water partition coefficient (Wildman–Crippen LogP) is 32.2. The highest BCUT2D eigenvalue weighted by Crippen LogP contribution is 2.65. The molecule has 1 spiro atoms. The highest BCUT2D eigenvalue weighted by Gasteiger charge is 2.53. The molecule has 0 saturated carbocycles. The van der Waals surface area contributed by atoms with E-state index in [2.05, 4.69) is 327 Å². The molecule has 0 amide bonds. The molecule has 14 nitrogen and oxygen atoms in total. The van der Waals surface area contributed by atoms with Crippen LogP contribution in [0.4, 0.5) is 0 Å². The smallest absolute Gasteiger partial charge is 0.201 e. The number of rotatable bonds is 13. The Labute approximate surface area is 846 Å². The zero-order valence-electron chi connectivity index (χ0n) is 79.8. The molecule has 1 atom stereocenters. The van der Waals surface area contributed by atoms with Gasteiger partial charge in [-0.25, -0.2) is 54.8 Å². The van der Waals surface area contributed by atoms with Crippen LogP contribution in [-0.4, -0.2) is 54.8 Å². The Hall–Kier alpha value is -19.3. The Morgan fingerprint density at radius 2 is 0.490 bits per heavy atom. The third kappa shape index (κ3) is 13.9. The van der Waals surface area contributed by atoms with Crippen LogP contribution >= 0.6 is 0 Å². The molecule has 7 heterocycles. The van der Waals surface area contributed by atoms with Crippen LogP contribution < -0.4 is 0 Å². The van der Waals surface area contributed by atoms with E-state index in [1.807, 2.05) is 146 Å². The molecule has 1 unspecified atom stereocenters. The van der Waals surface area contributed by atoms with Crippen LogP contribution in [0, 0.1) is 0 Å². The third-order valence-corrected chi connectivity index (χ3v) is 30.2. The summed E-state index contributed by atoms with van der Waals surface area (Å²) in [7, 11) is 0. The fourth-order valence-electron chi connectivity index (χ4n) is 23.3. The molecule has 147 heavy (non-hydrogen) atoms. The van der Waals surface area contributed by atoms with Gasteiger partial charge >= 0.3 is 0 Å². The minimum Gasteiger partial charge on any atom is -0.456 e. The average molecular weight is 1890 g/mol. The van der Waals surface area contributed by atoms with Gasteiger partial charge in [-0.1, -0.05) is 390 Å². The van der Waals surface area contributed by atoms with E-state index in [4.69, 9.17) is 58.1 Å². The number of fused-ring (bicyclic) bond motifs is 25. The van der Waals surface area contributed by atoms with Crippen LogP contribution in [0.2, 0.25) is 0 Å². The molecule has 7 aromatic heterocycles. The summed E-state index contributed by atoms with van der Waals surface area (Å²) in [6.45, 7) is 4.61. The first-order chi connectivity index (χ1) is 72.6. The van der Waals surface area contributed by atoms with Gasteiger partial charge in [0, 0.05) is 94.6 Å². The molecule has 0 saturated heterocycles. The number of nitrogens with zero attached hydrogens (tertiary/aromatic N) is 11. The number of furan rings is 3. The zero-order chi connectivity index (χ0) is 97.4. The lowest BCUT2D eigenvalue weighted by molar-refractivity contribution is 0.563. The first kappa shape index (κ1) is 85.6. The lowest BCUT2D eigenvalue weighted by Crippen LogP contribution is -2.28. The summed E-state index contributed by atoms with van der Waals surface area (Å²) in [4.78, 5) is 53.4. The van der Waals surface area contributed by atoms with Crippen molar-refractivity contribution in [1.82, 2.24) is 54.8 Å². The topological polar surface area (TPSA) is 181 Å². The van der Waals surface area contributed by atoms with Crippen molar-refractivity contribution >= 4 is 65.8 Å². The summed E-state index contributed by atoms with van der Waals surface area (Å²) in [6.07, 6.45) is 4.40. The van der Waals surface area contributed by atoms with Crippen molar-refractivity contribution in [3.8, 4) is 158 Å². The molecule has 19 aromatic carbocycles. The van der Waals surface area contributed by atoms with Crippen molar-refractivity contribution in [3.05, 3.63) is 523 Å². The van der Waals surface area contributed by atoms with Crippen LogP contribution in [0.15, 0.2) is 481 Å². The minimum atomic E-state index is -0.499. The summed E-state index contributed by atoms with van der Waals surface area (Å²) in [5.74, 6) is 5.68. The molecule has 0 fully saturated rings. The summed E-state index contributed by atoms with van der Waals surface area (Å²) >= 11 is 0. The van der Waals surface area contributed by atoms with Crippen molar-refractivity contribution in [2.75, 3.05) is 0 Å². The van der Waals surface area contributed by atoms with Gasteiger partial charge in [0.25, 0.3) is 0 Å². The number of benzene rings is 19. The summed E-state index contributed by atoms with van der Waals surface area (Å²) in [6, 6.07) is 159. The number of hydrogen-bond donors (Lipinski definition) is 0. The van der Waals surface area contributed by atoms with Gasteiger partial charge in [-0.2, -0.15) is 0 Å². The first-order valence-electron chi connectivity index (χ1n) is 49.7. The van der Waals surface area contributed by atoms with Gasteiger partial charge in [-0.05, 0) is 197 Å². The van der Waals surface area contributed by atoms with Crippen LogP contribution in [0.5, 0.6) is 0 Å². The molecule has 0 N–H and O–H groups in total. The van der Waals surface area contributed by atoms with Gasteiger partial charge in [-0.3, -0.25) is 0 Å². The van der Waals surface area contributed by atoms with E-state index in [1.54, 1.807) is 18.5 Å². The minimum absolute atomic E-state index is 0.0503. The standard InChI is InChI=1S/C52H31N3O.C44H27N5O.C37H27N3O/c1-3-14-32(15-4-1)34-18-13-19-35(28-34)50-53-49(33-16-5-2-6-17-33)54-51(55-50)36-26-27-40-42-30-41-39-22-9-12-25-45(39)52(46(41)31-48(42)56-47(40)29-36)43-23-10-7-20-37(43)38-21-8-11-24-44(38)52;1-4-13-28(14-5-1)40-47-41(49-43(48-40)42-45-23-12-24-46-42)29-21-22-33-35-26-34-32-19-10-11-20-36(32)44(30-15-6-2-7-16-30,31-17-8-3-9-18-31)37(34)27-39(35)50-38(33)25-29;1-3-37(2)29-19-11-10-17-25(29)27-21-28-32(22-30(27)37)41-31-20-12-18-26(33(28)31)36-39-34(23-13-6-4-7-14-23)38-35(40-36)24-15-8-5-9-16-24/h1-31H;1-27H;4-22H,3H2,1-2H3. The van der Waals surface area contributed by atoms with Crippen molar-refractivity contribution < 1.29 is 13.3 Å². The molecule has 14 heteroatoms. The third-order valence-electron chi connectivity index (χ3n) is 30.2. The van der Waals surface area contributed by atoms with Gasteiger partial charge in [-0.15, -0.1) is 0 Å². The Balaban J connectivity index is 0.000000108. The fraction of sp³-hybridized carbons (Fsp3) is 0.0451. The van der Waals surface area contributed by atoms with Crippen LogP contribution in [0.1, 0.15) is 75.9 Å². The lowest BCUT2D eigenvalue weighted by Gasteiger charge is -2.33. The second-order valence-electron chi connectivity index (χ2n) is 38.1. The number of aromatic nitrogens is 11. The molecule has 4 aliphatic carbocycles. The molecule has 4 aliphatic rings. The Bertz CT molecular complexity index is 9550.